The van der Waals surface area contributed by atoms with Gasteiger partial charge < -0.3 is 5.32 Å². The molecule has 0 aliphatic rings. The van der Waals surface area contributed by atoms with Gasteiger partial charge in [0.2, 0.25) is 0 Å². The Kier molecular flexibility index (Phi) is 3.59. The van der Waals surface area contributed by atoms with Gasteiger partial charge in [0.25, 0.3) is 5.91 Å². The minimum absolute atomic E-state index is 0.0453. The molecule has 0 aliphatic carbocycles. The molecule has 1 N–H and O–H groups in total. The zero-order valence-corrected chi connectivity index (χ0v) is 10.2. The number of benzene rings is 1. The molecule has 4 heteroatoms. The summed E-state index contributed by atoms with van der Waals surface area (Å²) in [5.74, 6) is 0.283. The number of carbonyl (C=O) groups is 1. The van der Waals surface area contributed by atoms with Crippen LogP contribution in [0.2, 0.25) is 0 Å². The van der Waals surface area contributed by atoms with Gasteiger partial charge in [0.1, 0.15) is 0 Å². The second-order valence-electron chi connectivity index (χ2n) is 3.90. The molecule has 3 nitrogen and oxygen atoms in total. The minimum Gasteiger partial charge on any atom is -0.348 e. The van der Waals surface area contributed by atoms with E-state index in [2.05, 4.69) is 10.3 Å². The Morgan fingerprint density at radius 3 is 2.94 bits per heavy atom. The number of alkyl halides is 1. The minimum atomic E-state index is -0.114. The Morgan fingerprint density at radius 1 is 1.41 bits per heavy atom. The lowest BCUT2D eigenvalue weighted by atomic mass is 10.1. The van der Waals surface area contributed by atoms with Crippen LogP contribution in [0.15, 0.2) is 36.5 Å². The van der Waals surface area contributed by atoms with E-state index in [0.29, 0.717) is 11.4 Å². The van der Waals surface area contributed by atoms with Crippen molar-refractivity contribution < 1.29 is 4.79 Å². The van der Waals surface area contributed by atoms with Crippen molar-refractivity contribution in [2.45, 2.75) is 13.0 Å². The highest BCUT2D eigenvalue weighted by Crippen LogP contribution is 2.16. The third kappa shape index (κ3) is 2.56. The van der Waals surface area contributed by atoms with Crippen molar-refractivity contribution in [1.82, 2.24) is 10.3 Å². The highest BCUT2D eigenvalue weighted by atomic mass is 35.5. The number of amides is 1. The molecule has 0 radical (unpaired) electrons. The van der Waals surface area contributed by atoms with Crippen molar-refractivity contribution in [3.63, 3.8) is 0 Å². The molecule has 1 unspecified atom stereocenters. The van der Waals surface area contributed by atoms with Gasteiger partial charge in [0, 0.05) is 23.5 Å². The van der Waals surface area contributed by atoms with Gasteiger partial charge in [-0.15, -0.1) is 11.6 Å². The second-order valence-corrected chi connectivity index (χ2v) is 4.21. The highest BCUT2D eigenvalue weighted by Gasteiger charge is 2.12. The number of nitrogens with zero attached hydrogens (tertiary/aromatic N) is 1. The lowest BCUT2D eigenvalue weighted by molar-refractivity contribution is 0.0945. The van der Waals surface area contributed by atoms with Crippen LogP contribution < -0.4 is 5.32 Å². The van der Waals surface area contributed by atoms with Crippen molar-refractivity contribution >= 4 is 28.4 Å². The summed E-state index contributed by atoms with van der Waals surface area (Å²) >= 11 is 5.67. The lowest BCUT2D eigenvalue weighted by Crippen LogP contribution is -2.33. The SMILES string of the molecule is CC(CCl)NC(=O)c1ccnc2ccccc12. The summed E-state index contributed by atoms with van der Waals surface area (Å²) in [7, 11) is 0. The first-order valence-electron chi connectivity index (χ1n) is 5.43. The van der Waals surface area contributed by atoms with Crippen LogP contribution in [0.3, 0.4) is 0 Å². The van der Waals surface area contributed by atoms with Crippen LogP contribution in [0.1, 0.15) is 17.3 Å². The number of hydrogen-bond donors (Lipinski definition) is 1. The molecule has 0 saturated carbocycles. The molecule has 1 heterocycles. The molecular formula is C13H13ClN2O. The number of fused-ring (bicyclic) bond motifs is 1. The second kappa shape index (κ2) is 5.15. The Labute approximate surface area is 105 Å². The quantitative estimate of drug-likeness (QED) is 0.849. The summed E-state index contributed by atoms with van der Waals surface area (Å²) in [6.07, 6.45) is 1.64. The molecule has 0 saturated heterocycles. The van der Waals surface area contributed by atoms with Gasteiger partial charge in [-0.05, 0) is 19.1 Å². The number of hydrogen-bond acceptors (Lipinski definition) is 2. The summed E-state index contributed by atoms with van der Waals surface area (Å²) in [5, 5.41) is 3.70. The van der Waals surface area contributed by atoms with Crippen molar-refractivity contribution in [1.29, 1.82) is 0 Å². The first-order valence-corrected chi connectivity index (χ1v) is 5.96. The third-order valence-electron chi connectivity index (χ3n) is 2.50. The van der Waals surface area contributed by atoms with Crippen LogP contribution in [0.4, 0.5) is 0 Å². The van der Waals surface area contributed by atoms with E-state index in [0.717, 1.165) is 10.9 Å². The summed E-state index contributed by atoms with van der Waals surface area (Å²) in [4.78, 5) is 16.2. The smallest absolute Gasteiger partial charge is 0.252 e. The Bertz CT molecular complexity index is 536. The zero-order valence-electron chi connectivity index (χ0n) is 9.48. The molecule has 2 rings (SSSR count). The monoisotopic (exact) mass is 248 g/mol. The predicted octanol–water partition coefficient (Wildman–Crippen LogP) is 2.59. The molecule has 1 amide bonds. The molecule has 2 aromatic rings. The van der Waals surface area contributed by atoms with Gasteiger partial charge in [-0.25, -0.2) is 0 Å². The van der Waals surface area contributed by atoms with Crippen LogP contribution in [0, 0.1) is 0 Å². The van der Waals surface area contributed by atoms with Gasteiger partial charge in [-0.2, -0.15) is 0 Å². The number of carbonyl (C=O) groups excluding carboxylic acids is 1. The fourth-order valence-electron chi connectivity index (χ4n) is 1.63. The maximum Gasteiger partial charge on any atom is 0.252 e. The average Bonchev–Trinajstić information content (AvgIpc) is 2.37. The molecule has 88 valence electrons. The molecule has 0 spiro atoms. The number of rotatable bonds is 3. The maximum absolute atomic E-state index is 12.0. The van der Waals surface area contributed by atoms with E-state index in [1.165, 1.54) is 0 Å². The van der Waals surface area contributed by atoms with E-state index in [4.69, 9.17) is 11.6 Å². The molecule has 1 atom stereocenters. The number of aromatic nitrogens is 1. The number of pyridine rings is 1. The number of para-hydroxylation sites is 1. The number of halogens is 1. The lowest BCUT2D eigenvalue weighted by Gasteiger charge is -2.11. The number of nitrogens with one attached hydrogen (secondary N) is 1. The zero-order chi connectivity index (χ0) is 12.3. The molecular weight excluding hydrogens is 236 g/mol. The third-order valence-corrected chi connectivity index (χ3v) is 2.97. The van der Waals surface area contributed by atoms with Crippen molar-refractivity contribution in [3.8, 4) is 0 Å². The fourth-order valence-corrected chi connectivity index (χ4v) is 1.71. The summed E-state index contributed by atoms with van der Waals surface area (Å²) in [6.45, 7) is 1.87. The Balaban J connectivity index is 2.38. The van der Waals surface area contributed by atoms with Gasteiger partial charge in [0.05, 0.1) is 11.1 Å². The van der Waals surface area contributed by atoms with Crippen molar-refractivity contribution in [3.05, 3.63) is 42.1 Å². The van der Waals surface area contributed by atoms with Crippen LogP contribution in [0.25, 0.3) is 10.9 Å². The highest BCUT2D eigenvalue weighted by molar-refractivity contribution is 6.18. The van der Waals surface area contributed by atoms with E-state index in [1.807, 2.05) is 31.2 Å². The van der Waals surface area contributed by atoms with Crippen LogP contribution in [0.5, 0.6) is 0 Å². The van der Waals surface area contributed by atoms with Crippen molar-refractivity contribution in [2.24, 2.45) is 0 Å². The van der Waals surface area contributed by atoms with E-state index >= 15 is 0 Å². The summed E-state index contributed by atoms with van der Waals surface area (Å²) < 4.78 is 0. The van der Waals surface area contributed by atoms with Gasteiger partial charge >= 0.3 is 0 Å². The summed E-state index contributed by atoms with van der Waals surface area (Å²) in [6, 6.07) is 9.25. The van der Waals surface area contributed by atoms with Gasteiger partial charge in [-0.3, -0.25) is 9.78 Å². The van der Waals surface area contributed by atoms with Crippen LogP contribution in [-0.4, -0.2) is 22.8 Å². The first kappa shape index (κ1) is 11.9. The molecule has 0 bridgehead atoms. The van der Waals surface area contributed by atoms with E-state index in [-0.39, 0.29) is 11.9 Å². The normalized spacial score (nSPS) is 12.4. The van der Waals surface area contributed by atoms with Crippen molar-refractivity contribution in [2.75, 3.05) is 5.88 Å². The molecule has 0 aliphatic heterocycles. The Hall–Kier alpha value is -1.61. The molecule has 1 aromatic heterocycles. The topological polar surface area (TPSA) is 42.0 Å². The molecule has 17 heavy (non-hydrogen) atoms. The Morgan fingerprint density at radius 2 is 2.18 bits per heavy atom. The van der Waals surface area contributed by atoms with E-state index in [1.54, 1.807) is 12.3 Å². The van der Waals surface area contributed by atoms with E-state index < -0.39 is 0 Å². The maximum atomic E-state index is 12.0. The van der Waals surface area contributed by atoms with Crippen LogP contribution in [-0.2, 0) is 0 Å². The first-order chi connectivity index (χ1) is 8.22. The largest absolute Gasteiger partial charge is 0.348 e. The van der Waals surface area contributed by atoms with Crippen LogP contribution >= 0.6 is 11.6 Å². The van der Waals surface area contributed by atoms with E-state index in [9.17, 15) is 4.79 Å². The fraction of sp³-hybridized carbons (Fsp3) is 0.231. The summed E-state index contributed by atoms with van der Waals surface area (Å²) in [5.41, 5.74) is 1.45. The standard InChI is InChI=1S/C13H13ClN2O/c1-9(8-14)16-13(17)11-6-7-15-12-5-3-2-4-10(11)12/h2-7,9H,8H2,1H3,(H,16,17). The van der Waals surface area contributed by atoms with Gasteiger partial charge in [-0.1, -0.05) is 18.2 Å². The average molecular weight is 249 g/mol. The predicted molar refractivity (Wildman–Crippen MR) is 69.4 cm³/mol. The molecule has 1 aromatic carbocycles. The molecule has 0 fully saturated rings. The van der Waals surface area contributed by atoms with Gasteiger partial charge in [0.15, 0.2) is 0 Å².